The molecule has 0 aliphatic rings. The minimum atomic E-state index is -1.55. The van der Waals surface area contributed by atoms with Crippen LogP contribution in [0.1, 0.15) is 22.7 Å². The molecule has 0 radical (unpaired) electrons. The average Bonchev–Trinajstić information content (AvgIpc) is 2.78. The van der Waals surface area contributed by atoms with Crippen LogP contribution in [0, 0.1) is 11.6 Å². The van der Waals surface area contributed by atoms with Gasteiger partial charge in [-0.25, -0.2) is 18.4 Å². The Morgan fingerprint density at radius 2 is 1.66 bits per heavy atom. The molecule has 0 aromatic heterocycles. The zero-order valence-electron chi connectivity index (χ0n) is 17.1. The summed E-state index contributed by atoms with van der Waals surface area (Å²) in [6.45, 7) is 0.882. The summed E-state index contributed by atoms with van der Waals surface area (Å²) in [6, 6.07) is 17.2. The Morgan fingerprint density at radius 1 is 0.906 bits per heavy atom. The van der Waals surface area contributed by atoms with Gasteiger partial charge in [0.15, 0.2) is 17.7 Å². The SMILES string of the molecule is O=C(Nc1cccc(COCCc2ccccc2)c1)NC(C(=O)O)c1ccc(F)c(F)c1. The van der Waals surface area contributed by atoms with Crippen molar-refractivity contribution in [2.45, 2.75) is 19.1 Å². The number of carboxylic acids is 1. The number of carbonyl (C=O) groups excluding carboxylic acids is 1. The van der Waals surface area contributed by atoms with Crippen LogP contribution in [-0.2, 0) is 22.6 Å². The van der Waals surface area contributed by atoms with Crippen LogP contribution < -0.4 is 10.6 Å². The van der Waals surface area contributed by atoms with Crippen molar-refractivity contribution >= 4 is 17.7 Å². The van der Waals surface area contributed by atoms with E-state index in [-0.39, 0.29) is 5.56 Å². The largest absolute Gasteiger partial charge is 0.479 e. The van der Waals surface area contributed by atoms with Gasteiger partial charge in [0.2, 0.25) is 0 Å². The van der Waals surface area contributed by atoms with E-state index in [0.29, 0.717) is 18.9 Å². The molecule has 1 atom stereocenters. The fraction of sp³-hybridized carbons (Fsp3) is 0.167. The summed E-state index contributed by atoms with van der Waals surface area (Å²) < 4.78 is 32.2. The molecule has 6 nitrogen and oxygen atoms in total. The molecule has 32 heavy (non-hydrogen) atoms. The molecule has 0 fully saturated rings. The second-order valence-corrected chi connectivity index (χ2v) is 7.03. The van der Waals surface area contributed by atoms with E-state index in [1.54, 1.807) is 18.2 Å². The molecule has 3 aromatic carbocycles. The van der Waals surface area contributed by atoms with Crippen molar-refractivity contribution in [2.24, 2.45) is 0 Å². The summed E-state index contributed by atoms with van der Waals surface area (Å²) >= 11 is 0. The highest BCUT2D eigenvalue weighted by Gasteiger charge is 2.23. The Morgan fingerprint density at radius 3 is 2.38 bits per heavy atom. The number of benzene rings is 3. The highest BCUT2D eigenvalue weighted by molar-refractivity contribution is 5.92. The molecule has 0 saturated heterocycles. The number of amides is 2. The van der Waals surface area contributed by atoms with Gasteiger partial charge in [-0.15, -0.1) is 0 Å². The highest BCUT2D eigenvalue weighted by atomic mass is 19.2. The predicted molar refractivity (Wildman–Crippen MR) is 115 cm³/mol. The van der Waals surface area contributed by atoms with Gasteiger partial charge in [0.1, 0.15) is 0 Å². The molecular weight excluding hydrogens is 418 g/mol. The minimum Gasteiger partial charge on any atom is -0.479 e. The number of carboxylic acid groups (broad SMARTS) is 1. The smallest absolute Gasteiger partial charge is 0.330 e. The third-order valence-corrected chi connectivity index (χ3v) is 4.63. The van der Waals surface area contributed by atoms with Crippen LogP contribution in [0.15, 0.2) is 72.8 Å². The van der Waals surface area contributed by atoms with Crippen molar-refractivity contribution in [2.75, 3.05) is 11.9 Å². The van der Waals surface area contributed by atoms with E-state index in [9.17, 15) is 23.5 Å². The normalized spacial score (nSPS) is 11.6. The quantitative estimate of drug-likeness (QED) is 0.422. The van der Waals surface area contributed by atoms with E-state index in [0.717, 1.165) is 30.2 Å². The first-order valence-electron chi connectivity index (χ1n) is 9.88. The molecule has 0 spiro atoms. The number of rotatable bonds is 9. The zero-order valence-corrected chi connectivity index (χ0v) is 17.1. The Labute approximate surface area is 183 Å². The monoisotopic (exact) mass is 440 g/mol. The summed E-state index contributed by atoms with van der Waals surface area (Å²) in [5.74, 6) is -3.72. The molecule has 3 rings (SSSR count). The Bertz CT molecular complexity index is 1080. The number of nitrogens with one attached hydrogen (secondary N) is 2. The Balaban J connectivity index is 1.54. The maximum absolute atomic E-state index is 13.4. The maximum Gasteiger partial charge on any atom is 0.330 e. The fourth-order valence-electron chi connectivity index (χ4n) is 3.04. The lowest BCUT2D eigenvalue weighted by Crippen LogP contribution is -2.36. The molecule has 166 valence electrons. The number of urea groups is 1. The van der Waals surface area contributed by atoms with Gasteiger partial charge in [-0.05, 0) is 47.4 Å². The first-order chi connectivity index (χ1) is 15.4. The second kappa shape index (κ2) is 11.0. The van der Waals surface area contributed by atoms with Gasteiger partial charge in [0, 0.05) is 5.69 Å². The van der Waals surface area contributed by atoms with Crippen LogP contribution >= 0.6 is 0 Å². The molecule has 8 heteroatoms. The van der Waals surface area contributed by atoms with Crippen molar-refractivity contribution in [3.8, 4) is 0 Å². The molecule has 1 unspecified atom stereocenters. The molecular formula is C24H22F2N2O4. The number of hydrogen-bond donors (Lipinski definition) is 3. The number of halogens is 2. The number of aliphatic carboxylic acids is 1. The summed E-state index contributed by atoms with van der Waals surface area (Å²) in [4.78, 5) is 23.8. The average molecular weight is 440 g/mol. The lowest BCUT2D eigenvalue weighted by Gasteiger charge is -2.16. The molecule has 0 heterocycles. The summed E-state index contributed by atoms with van der Waals surface area (Å²) in [7, 11) is 0. The lowest BCUT2D eigenvalue weighted by atomic mass is 10.1. The van der Waals surface area contributed by atoms with Crippen molar-refractivity contribution in [3.63, 3.8) is 0 Å². The van der Waals surface area contributed by atoms with E-state index < -0.39 is 29.7 Å². The number of hydrogen-bond acceptors (Lipinski definition) is 3. The molecule has 2 amide bonds. The van der Waals surface area contributed by atoms with Gasteiger partial charge < -0.3 is 20.5 Å². The molecule has 3 N–H and O–H groups in total. The molecule has 3 aromatic rings. The van der Waals surface area contributed by atoms with Crippen LogP contribution in [0.2, 0.25) is 0 Å². The number of anilines is 1. The van der Waals surface area contributed by atoms with E-state index in [4.69, 9.17) is 4.74 Å². The molecule has 0 bridgehead atoms. The first kappa shape index (κ1) is 22.9. The van der Waals surface area contributed by atoms with E-state index in [1.807, 2.05) is 36.4 Å². The van der Waals surface area contributed by atoms with Gasteiger partial charge >= 0.3 is 12.0 Å². The predicted octanol–water partition coefficient (Wildman–Crippen LogP) is 4.67. The van der Waals surface area contributed by atoms with Gasteiger partial charge in [0.25, 0.3) is 0 Å². The van der Waals surface area contributed by atoms with Crippen LogP contribution in [-0.4, -0.2) is 23.7 Å². The van der Waals surface area contributed by atoms with Gasteiger partial charge in [0.05, 0.1) is 13.2 Å². The number of ether oxygens (including phenoxy) is 1. The van der Waals surface area contributed by atoms with Gasteiger partial charge in [-0.3, -0.25) is 0 Å². The summed E-state index contributed by atoms with van der Waals surface area (Å²) in [5.41, 5.74) is 2.34. The van der Waals surface area contributed by atoms with Crippen molar-refractivity contribution < 1.29 is 28.2 Å². The van der Waals surface area contributed by atoms with Crippen LogP contribution in [0.4, 0.5) is 19.3 Å². The second-order valence-electron chi connectivity index (χ2n) is 7.03. The molecule has 0 aliphatic carbocycles. The van der Waals surface area contributed by atoms with Crippen LogP contribution in [0.3, 0.4) is 0 Å². The van der Waals surface area contributed by atoms with Crippen molar-refractivity contribution in [3.05, 3.63) is 101 Å². The maximum atomic E-state index is 13.4. The molecule has 0 saturated carbocycles. The first-order valence-corrected chi connectivity index (χ1v) is 9.88. The van der Waals surface area contributed by atoms with Crippen LogP contribution in [0.25, 0.3) is 0 Å². The Hall–Kier alpha value is -3.78. The number of carbonyl (C=O) groups is 2. The van der Waals surface area contributed by atoms with Gasteiger partial charge in [-0.1, -0.05) is 48.5 Å². The van der Waals surface area contributed by atoms with E-state index in [1.165, 1.54) is 5.56 Å². The van der Waals surface area contributed by atoms with Crippen LogP contribution in [0.5, 0.6) is 0 Å². The fourth-order valence-corrected chi connectivity index (χ4v) is 3.04. The van der Waals surface area contributed by atoms with Gasteiger partial charge in [-0.2, -0.15) is 0 Å². The third kappa shape index (κ3) is 6.61. The van der Waals surface area contributed by atoms with Crippen molar-refractivity contribution in [1.29, 1.82) is 0 Å². The zero-order chi connectivity index (χ0) is 22.9. The summed E-state index contributed by atoms with van der Waals surface area (Å²) in [5, 5.41) is 14.2. The Kier molecular flexibility index (Phi) is 7.88. The topological polar surface area (TPSA) is 87.7 Å². The van der Waals surface area contributed by atoms with E-state index in [2.05, 4.69) is 10.6 Å². The summed E-state index contributed by atoms with van der Waals surface area (Å²) in [6.07, 6.45) is 0.780. The highest BCUT2D eigenvalue weighted by Crippen LogP contribution is 2.18. The van der Waals surface area contributed by atoms with Crippen molar-refractivity contribution in [1.82, 2.24) is 5.32 Å². The molecule has 0 aliphatic heterocycles. The standard InChI is InChI=1S/C24H22F2N2O4/c25-20-10-9-18(14-21(20)26)22(23(29)30)28-24(31)27-19-8-4-7-17(13-19)15-32-12-11-16-5-2-1-3-6-16/h1-10,13-14,22H,11-12,15H2,(H,29,30)(H2,27,28,31). The third-order valence-electron chi connectivity index (χ3n) is 4.63. The lowest BCUT2D eigenvalue weighted by molar-refractivity contribution is -0.139. The minimum absolute atomic E-state index is 0.0906. The van der Waals surface area contributed by atoms with E-state index >= 15 is 0 Å².